The lowest BCUT2D eigenvalue weighted by Crippen LogP contribution is -1.98. The van der Waals surface area contributed by atoms with Gasteiger partial charge in [-0.05, 0) is 36.2 Å². The summed E-state index contributed by atoms with van der Waals surface area (Å²) in [6.45, 7) is 2.30. The number of ether oxygens (including phenoxy) is 1. The number of nitrogens with two attached hydrogens (primary N) is 1. The van der Waals surface area contributed by atoms with Crippen molar-refractivity contribution in [2.75, 3.05) is 5.73 Å². The molecule has 3 heteroatoms. The summed E-state index contributed by atoms with van der Waals surface area (Å²) in [5, 5.41) is 0. The van der Waals surface area contributed by atoms with Crippen molar-refractivity contribution in [1.29, 1.82) is 0 Å². The van der Waals surface area contributed by atoms with Crippen LogP contribution < -0.4 is 10.5 Å². The van der Waals surface area contributed by atoms with Crippen molar-refractivity contribution < 1.29 is 9.13 Å². The first-order valence-corrected chi connectivity index (χ1v) is 7.47. The summed E-state index contributed by atoms with van der Waals surface area (Å²) in [4.78, 5) is 0. The van der Waals surface area contributed by atoms with E-state index >= 15 is 0 Å². The molecule has 0 heterocycles. The second-order valence-corrected chi connectivity index (χ2v) is 5.46. The van der Waals surface area contributed by atoms with E-state index in [4.69, 9.17) is 10.5 Å². The lowest BCUT2D eigenvalue weighted by atomic mass is 10.0. The fourth-order valence-corrected chi connectivity index (χ4v) is 2.45. The fraction of sp³-hybridized carbons (Fsp3) is 0.100. The maximum Gasteiger partial charge on any atom is 0.133 e. The van der Waals surface area contributed by atoms with Crippen molar-refractivity contribution in [1.82, 2.24) is 0 Å². The smallest absolute Gasteiger partial charge is 0.133 e. The highest BCUT2D eigenvalue weighted by Gasteiger charge is 2.12. The lowest BCUT2D eigenvalue weighted by molar-refractivity contribution is 0.307. The summed E-state index contributed by atoms with van der Waals surface area (Å²) in [7, 11) is 0. The van der Waals surface area contributed by atoms with Gasteiger partial charge in [0.15, 0.2) is 0 Å². The molecule has 3 aromatic carbocycles. The zero-order chi connectivity index (χ0) is 16.2. The molecule has 2 N–H and O–H groups in total. The van der Waals surface area contributed by atoms with E-state index in [1.165, 1.54) is 6.07 Å². The number of nitrogen functional groups attached to an aromatic ring is 1. The van der Waals surface area contributed by atoms with Crippen LogP contribution in [-0.4, -0.2) is 0 Å². The van der Waals surface area contributed by atoms with E-state index in [0.29, 0.717) is 23.6 Å². The lowest BCUT2D eigenvalue weighted by Gasteiger charge is -2.13. The van der Waals surface area contributed by atoms with Crippen LogP contribution in [0, 0.1) is 12.7 Å². The molecule has 0 amide bonds. The summed E-state index contributed by atoms with van der Waals surface area (Å²) >= 11 is 0. The average Bonchev–Trinajstić information content (AvgIpc) is 2.58. The molecular formula is C20H18FNO. The zero-order valence-corrected chi connectivity index (χ0v) is 12.9. The summed E-state index contributed by atoms with van der Waals surface area (Å²) < 4.78 is 20.2. The summed E-state index contributed by atoms with van der Waals surface area (Å²) in [6.07, 6.45) is 0. The van der Waals surface area contributed by atoms with Crippen LogP contribution in [0.15, 0.2) is 66.7 Å². The van der Waals surface area contributed by atoms with Crippen molar-refractivity contribution in [2.24, 2.45) is 0 Å². The quantitative estimate of drug-likeness (QED) is 0.691. The van der Waals surface area contributed by atoms with Crippen LogP contribution in [0.1, 0.15) is 11.1 Å². The number of hydrogen-bond donors (Lipinski definition) is 1. The van der Waals surface area contributed by atoms with Crippen LogP contribution in [0.2, 0.25) is 0 Å². The van der Waals surface area contributed by atoms with Gasteiger partial charge >= 0.3 is 0 Å². The highest BCUT2D eigenvalue weighted by Crippen LogP contribution is 2.34. The standard InChI is InChI=1S/C20H18FNO/c1-14-11-17(18(21)12-19(14)22)16-9-5-6-10-20(16)23-13-15-7-3-2-4-8-15/h2-12H,13,22H2,1H3. The summed E-state index contributed by atoms with van der Waals surface area (Å²) in [5.41, 5.74) is 9.36. The SMILES string of the molecule is Cc1cc(-c2ccccc2OCc2ccccc2)c(F)cc1N. The van der Waals surface area contributed by atoms with Gasteiger partial charge in [0.25, 0.3) is 0 Å². The first-order chi connectivity index (χ1) is 11.1. The van der Waals surface area contributed by atoms with Gasteiger partial charge < -0.3 is 10.5 Å². The minimum absolute atomic E-state index is 0.344. The molecule has 23 heavy (non-hydrogen) atoms. The van der Waals surface area contributed by atoms with Gasteiger partial charge in [0.05, 0.1) is 0 Å². The molecule has 0 fully saturated rings. The van der Waals surface area contributed by atoms with E-state index in [1.807, 2.05) is 61.5 Å². The second kappa shape index (κ2) is 6.53. The van der Waals surface area contributed by atoms with E-state index in [9.17, 15) is 4.39 Å². The molecule has 116 valence electrons. The molecule has 0 aliphatic rings. The van der Waals surface area contributed by atoms with E-state index in [1.54, 1.807) is 6.07 Å². The molecule has 0 spiro atoms. The number of hydrogen-bond acceptors (Lipinski definition) is 2. The summed E-state index contributed by atoms with van der Waals surface area (Å²) in [6, 6.07) is 20.5. The maximum absolute atomic E-state index is 14.3. The number of rotatable bonds is 4. The van der Waals surface area contributed by atoms with Gasteiger partial charge in [-0.3, -0.25) is 0 Å². The second-order valence-electron chi connectivity index (χ2n) is 5.46. The Hall–Kier alpha value is -2.81. The van der Waals surface area contributed by atoms with E-state index in [2.05, 4.69) is 0 Å². The first-order valence-electron chi connectivity index (χ1n) is 7.47. The van der Waals surface area contributed by atoms with E-state index in [-0.39, 0.29) is 5.82 Å². The van der Waals surface area contributed by atoms with Crippen molar-refractivity contribution in [3.63, 3.8) is 0 Å². The molecule has 0 saturated heterocycles. The topological polar surface area (TPSA) is 35.2 Å². The van der Waals surface area contributed by atoms with Crippen molar-refractivity contribution >= 4 is 5.69 Å². The molecule has 3 rings (SSSR count). The molecule has 0 saturated carbocycles. The Labute approximate surface area is 135 Å². The molecule has 3 aromatic rings. The van der Waals surface area contributed by atoms with E-state index < -0.39 is 0 Å². The zero-order valence-electron chi connectivity index (χ0n) is 12.9. The van der Waals surface area contributed by atoms with Gasteiger partial charge in [-0.2, -0.15) is 0 Å². The Bertz CT molecular complexity index is 815. The normalized spacial score (nSPS) is 10.5. The molecule has 2 nitrogen and oxygen atoms in total. The molecule has 0 aliphatic carbocycles. The Morgan fingerprint density at radius 1 is 0.913 bits per heavy atom. The molecule has 0 aliphatic heterocycles. The van der Waals surface area contributed by atoms with Crippen LogP contribution >= 0.6 is 0 Å². The third-order valence-electron chi connectivity index (χ3n) is 3.77. The number of benzene rings is 3. The number of para-hydroxylation sites is 1. The average molecular weight is 307 g/mol. The fourth-order valence-electron chi connectivity index (χ4n) is 2.45. The Morgan fingerprint density at radius 3 is 2.39 bits per heavy atom. The van der Waals surface area contributed by atoms with Gasteiger partial charge in [-0.15, -0.1) is 0 Å². The van der Waals surface area contributed by atoms with Crippen molar-refractivity contribution in [3.05, 3.63) is 83.7 Å². The van der Waals surface area contributed by atoms with Crippen LogP contribution in [0.5, 0.6) is 5.75 Å². The third kappa shape index (κ3) is 3.34. The minimum atomic E-state index is -0.344. The molecule has 0 radical (unpaired) electrons. The van der Waals surface area contributed by atoms with Gasteiger partial charge in [-0.25, -0.2) is 4.39 Å². The Morgan fingerprint density at radius 2 is 1.61 bits per heavy atom. The maximum atomic E-state index is 14.3. The van der Waals surface area contributed by atoms with Crippen LogP contribution in [0.25, 0.3) is 11.1 Å². The van der Waals surface area contributed by atoms with Crippen LogP contribution in [0.4, 0.5) is 10.1 Å². The predicted octanol–water partition coefficient (Wildman–Crippen LogP) is 4.96. The Balaban J connectivity index is 1.94. The molecular weight excluding hydrogens is 289 g/mol. The van der Waals surface area contributed by atoms with Crippen molar-refractivity contribution in [3.8, 4) is 16.9 Å². The van der Waals surface area contributed by atoms with Gasteiger partial charge in [0, 0.05) is 16.8 Å². The number of anilines is 1. The molecule has 0 aromatic heterocycles. The van der Waals surface area contributed by atoms with Crippen LogP contribution in [0.3, 0.4) is 0 Å². The highest BCUT2D eigenvalue weighted by atomic mass is 19.1. The molecule has 0 atom stereocenters. The number of aryl methyl sites for hydroxylation is 1. The largest absolute Gasteiger partial charge is 0.488 e. The third-order valence-corrected chi connectivity index (χ3v) is 3.77. The Kier molecular flexibility index (Phi) is 4.29. The molecule has 0 bridgehead atoms. The van der Waals surface area contributed by atoms with Crippen molar-refractivity contribution in [2.45, 2.75) is 13.5 Å². The monoisotopic (exact) mass is 307 g/mol. The van der Waals surface area contributed by atoms with Crippen LogP contribution in [-0.2, 0) is 6.61 Å². The highest BCUT2D eigenvalue weighted by molar-refractivity contribution is 5.73. The van der Waals surface area contributed by atoms with Gasteiger partial charge in [0.1, 0.15) is 18.2 Å². The van der Waals surface area contributed by atoms with Gasteiger partial charge in [-0.1, -0.05) is 48.5 Å². The first kappa shape index (κ1) is 15.1. The van der Waals surface area contributed by atoms with Gasteiger partial charge in [0.2, 0.25) is 0 Å². The predicted molar refractivity (Wildman–Crippen MR) is 91.8 cm³/mol. The minimum Gasteiger partial charge on any atom is -0.488 e. The molecule has 0 unspecified atom stereocenters. The number of halogens is 1. The summed E-state index contributed by atoms with van der Waals surface area (Å²) in [5.74, 6) is 0.309. The van der Waals surface area contributed by atoms with E-state index in [0.717, 1.165) is 16.7 Å².